The van der Waals surface area contributed by atoms with Crippen molar-refractivity contribution in [1.82, 2.24) is 4.98 Å². The van der Waals surface area contributed by atoms with Crippen LogP contribution in [0.1, 0.15) is 32.6 Å². The molecule has 0 aliphatic heterocycles. The maximum absolute atomic E-state index is 11.8. The molecule has 1 heterocycles. The van der Waals surface area contributed by atoms with Gasteiger partial charge in [-0.05, 0) is 18.6 Å². The summed E-state index contributed by atoms with van der Waals surface area (Å²) in [6.45, 7) is 2.16. The summed E-state index contributed by atoms with van der Waals surface area (Å²) >= 11 is 0. The molecule has 15 heavy (non-hydrogen) atoms. The monoisotopic (exact) mass is 226 g/mol. The highest BCUT2D eigenvalue weighted by Gasteiger charge is 2.07. The first kappa shape index (κ1) is 12.2. The number of nitrogens with zero attached hydrogens (tertiary/aromatic N) is 1. The lowest BCUT2D eigenvalue weighted by Crippen LogP contribution is -2.04. The van der Waals surface area contributed by atoms with Gasteiger partial charge in [0.25, 0.3) is 0 Å². The molecule has 3 nitrogen and oxygen atoms in total. The maximum atomic E-state index is 11.8. The summed E-state index contributed by atoms with van der Waals surface area (Å²) in [7, 11) is -1.03. The Bertz CT molecular complexity index is 328. The molecule has 1 unspecified atom stereocenters. The van der Waals surface area contributed by atoms with Gasteiger partial charge in [0.1, 0.15) is 5.03 Å². The molecule has 0 amide bonds. The van der Waals surface area contributed by atoms with Crippen molar-refractivity contribution in [2.45, 2.75) is 37.6 Å². The van der Waals surface area contributed by atoms with E-state index in [0.717, 1.165) is 12.8 Å². The predicted molar refractivity (Wildman–Crippen MR) is 64.1 cm³/mol. The number of rotatable bonds is 6. The molecule has 0 aromatic carbocycles. The summed E-state index contributed by atoms with van der Waals surface area (Å²) in [4.78, 5) is 4.05. The van der Waals surface area contributed by atoms with E-state index in [1.54, 1.807) is 18.3 Å². The minimum atomic E-state index is -1.03. The normalized spacial score (nSPS) is 12.6. The molecule has 1 aromatic rings. The van der Waals surface area contributed by atoms with Gasteiger partial charge < -0.3 is 5.73 Å². The average Bonchev–Trinajstić information content (AvgIpc) is 2.25. The summed E-state index contributed by atoms with van der Waals surface area (Å²) < 4.78 is 11.8. The summed E-state index contributed by atoms with van der Waals surface area (Å²) in [5.74, 6) is 0.668. The Hall–Kier alpha value is -0.900. The van der Waals surface area contributed by atoms with Gasteiger partial charge in [-0.25, -0.2) is 4.98 Å². The van der Waals surface area contributed by atoms with Crippen LogP contribution in [0.4, 0.5) is 5.69 Å². The van der Waals surface area contributed by atoms with E-state index in [2.05, 4.69) is 11.9 Å². The van der Waals surface area contributed by atoms with Crippen LogP contribution in [0.3, 0.4) is 0 Å². The van der Waals surface area contributed by atoms with E-state index in [-0.39, 0.29) is 0 Å². The molecule has 84 valence electrons. The van der Waals surface area contributed by atoms with Gasteiger partial charge in [-0.1, -0.05) is 26.2 Å². The summed E-state index contributed by atoms with van der Waals surface area (Å²) in [5.41, 5.74) is 6.23. The number of nitrogens with two attached hydrogens (primary N) is 1. The minimum Gasteiger partial charge on any atom is -0.396 e. The second kappa shape index (κ2) is 6.56. The maximum Gasteiger partial charge on any atom is 0.150 e. The molecule has 1 aromatic heterocycles. The number of hydrogen-bond donors (Lipinski definition) is 1. The number of anilines is 1. The van der Waals surface area contributed by atoms with E-state index in [9.17, 15) is 4.21 Å². The average molecular weight is 226 g/mol. The molecule has 0 spiro atoms. The zero-order valence-electron chi connectivity index (χ0n) is 9.11. The van der Waals surface area contributed by atoms with E-state index in [4.69, 9.17) is 5.73 Å². The largest absolute Gasteiger partial charge is 0.396 e. The number of nitrogen functional groups attached to an aromatic ring is 1. The highest BCUT2D eigenvalue weighted by molar-refractivity contribution is 7.85. The molecule has 0 saturated heterocycles. The fourth-order valence-corrected chi connectivity index (χ4v) is 2.52. The molecule has 0 saturated carbocycles. The van der Waals surface area contributed by atoms with Gasteiger partial charge in [0, 0.05) is 11.9 Å². The van der Waals surface area contributed by atoms with Crippen LogP contribution < -0.4 is 5.73 Å². The molecule has 4 heteroatoms. The van der Waals surface area contributed by atoms with Gasteiger partial charge in [0.05, 0.1) is 16.5 Å². The first-order valence-electron chi connectivity index (χ1n) is 5.34. The Morgan fingerprint density at radius 3 is 2.87 bits per heavy atom. The van der Waals surface area contributed by atoms with Gasteiger partial charge in [0.15, 0.2) is 0 Å². The molecule has 1 rings (SSSR count). The van der Waals surface area contributed by atoms with Gasteiger partial charge in [-0.3, -0.25) is 4.21 Å². The molecule has 0 bridgehead atoms. The highest BCUT2D eigenvalue weighted by Crippen LogP contribution is 2.13. The Balaban J connectivity index is 2.44. The van der Waals surface area contributed by atoms with Crippen LogP contribution in [0.25, 0.3) is 0 Å². The molecular weight excluding hydrogens is 208 g/mol. The van der Waals surface area contributed by atoms with Crippen LogP contribution >= 0.6 is 0 Å². The van der Waals surface area contributed by atoms with E-state index in [0.29, 0.717) is 16.5 Å². The molecule has 0 radical (unpaired) electrons. The molecule has 0 fully saturated rings. The summed E-state index contributed by atoms with van der Waals surface area (Å²) in [6.07, 6.45) is 6.15. The molecular formula is C11H18N2OS. The van der Waals surface area contributed by atoms with E-state index in [1.807, 2.05) is 0 Å². The topological polar surface area (TPSA) is 56.0 Å². The fraction of sp³-hybridized carbons (Fsp3) is 0.545. The number of unbranched alkanes of at least 4 members (excludes halogenated alkanes) is 3. The summed E-state index contributed by atoms with van der Waals surface area (Å²) in [6, 6.07) is 3.50. The third kappa shape index (κ3) is 4.00. The molecule has 0 aliphatic carbocycles. The zero-order valence-corrected chi connectivity index (χ0v) is 9.93. The molecule has 2 N–H and O–H groups in total. The number of hydrogen-bond acceptors (Lipinski definition) is 3. The Labute approximate surface area is 93.6 Å². The van der Waals surface area contributed by atoms with Crippen molar-refractivity contribution in [2.75, 3.05) is 11.5 Å². The van der Waals surface area contributed by atoms with Crippen molar-refractivity contribution >= 4 is 16.5 Å². The molecule has 1 atom stereocenters. The van der Waals surface area contributed by atoms with E-state index < -0.39 is 10.8 Å². The van der Waals surface area contributed by atoms with Gasteiger partial charge >= 0.3 is 0 Å². The second-order valence-corrected chi connectivity index (χ2v) is 4.99. The van der Waals surface area contributed by atoms with Crippen LogP contribution in [0.5, 0.6) is 0 Å². The fourth-order valence-electron chi connectivity index (χ4n) is 1.35. The van der Waals surface area contributed by atoms with Gasteiger partial charge in [-0.2, -0.15) is 0 Å². The van der Waals surface area contributed by atoms with Crippen molar-refractivity contribution in [2.24, 2.45) is 0 Å². The third-order valence-electron chi connectivity index (χ3n) is 2.20. The summed E-state index contributed by atoms with van der Waals surface area (Å²) in [5, 5.41) is 0.536. The standard InChI is InChI=1S/C11H18N2OS/c1-2-3-4-5-9-15(14)11-10(12)7-6-8-13-11/h6-8H,2-5,9,12H2,1H3. The Kier molecular flexibility index (Phi) is 5.32. The quantitative estimate of drug-likeness (QED) is 0.757. The van der Waals surface area contributed by atoms with Crippen LogP contribution in [-0.2, 0) is 10.8 Å². The van der Waals surface area contributed by atoms with Crippen LogP contribution in [0.15, 0.2) is 23.4 Å². The Morgan fingerprint density at radius 2 is 2.20 bits per heavy atom. The first-order chi connectivity index (χ1) is 7.25. The first-order valence-corrected chi connectivity index (χ1v) is 6.66. The van der Waals surface area contributed by atoms with Crippen LogP contribution in [-0.4, -0.2) is 14.9 Å². The Morgan fingerprint density at radius 1 is 1.40 bits per heavy atom. The minimum absolute atomic E-state index is 0.534. The van der Waals surface area contributed by atoms with Gasteiger partial charge in [-0.15, -0.1) is 0 Å². The SMILES string of the molecule is CCCCCCS(=O)c1ncccc1N. The van der Waals surface area contributed by atoms with E-state index >= 15 is 0 Å². The smallest absolute Gasteiger partial charge is 0.150 e. The predicted octanol–water partition coefficient (Wildman–Crippen LogP) is 2.35. The molecule has 0 aliphatic rings. The van der Waals surface area contributed by atoms with Crippen LogP contribution in [0.2, 0.25) is 0 Å². The van der Waals surface area contributed by atoms with E-state index in [1.165, 1.54) is 12.8 Å². The van der Waals surface area contributed by atoms with Crippen molar-refractivity contribution in [3.63, 3.8) is 0 Å². The van der Waals surface area contributed by atoms with Crippen molar-refractivity contribution in [3.05, 3.63) is 18.3 Å². The lowest BCUT2D eigenvalue weighted by molar-refractivity contribution is 0.666. The van der Waals surface area contributed by atoms with Crippen LogP contribution in [0, 0.1) is 0 Å². The lowest BCUT2D eigenvalue weighted by atomic mass is 10.2. The number of pyridine rings is 1. The number of aromatic nitrogens is 1. The lowest BCUT2D eigenvalue weighted by Gasteiger charge is -2.03. The zero-order chi connectivity index (χ0) is 11.1. The second-order valence-electron chi connectivity index (χ2n) is 3.51. The third-order valence-corrected chi connectivity index (χ3v) is 3.63. The van der Waals surface area contributed by atoms with Crippen molar-refractivity contribution in [1.29, 1.82) is 0 Å². The van der Waals surface area contributed by atoms with Crippen molar-refractivity contribution < 1.29 is 4.21 Å². The highest BCUT2D eigenvalue weighted by atomic mass is 32.2. The van der Waals surface area contributed by atoms with Crippen molar-refractivity contribution in [3.8, 4) is 0 Å². The van der Waals surface area contributed by atoms with Gasteiger partial charge in [0.2, 0.25) is 0 Å².